The summed E-state index contributed by atoms with van der Waals surface area (Å²) in [7, 11) is 0. The number of hydrogen-bond acceptors (Lipinski definition) is 3. The molecule has 0 aromatic carbocycles. The van der Waals surface area contributed by atoms with Crippen LogP contribution in [0.3, 0.4) is 0 Å². The summed E-state index contributed by atoms with van der Waals surface area (Å²) in [5, 5.41) is 5.72. The fourth-order valence-corrected chi connectivity index (χ4v) is 3.56. The van der Waals surface area contributed by atoms with Gasteiger partial charge in [-0.3, -0.25) is 0 Å². The first-order valence-corrected chi connectivity index (χ1v) is 6.74. The second-order valence-corrected chi connectivity index (χ2v) is 5.96. The second-order valence-electron chi connectivity index (χ2n) is 3.34. The minimum absolute atomic E-state index is 0.498. The van der Waals surface area contributed by atoms with Gasteiger partial charge in [0.25, 0.3) is 0 Å². The maximum absolute atomic E-state index is 5.90. The SMILES string of the molecule is CC1CSCC(c2csc(Cl)c2)N1. The summed E-state index contributed by atoms with van der Waals surface area (Å²) in [4.78, 5) is 0. The molecule has 1 aliphatic rings. The summed E-state index contributed by atoms with van der Waals surface area (Å²) >= 11 is 9.53. The quantitative estimate of drug-likeness (QED) is 0.800. The molecule has 4 heteroatoms. The molecule has 2 rings (SSSR count). The van der Waals surface area contributed by atoms with Crippen molar-refractivity contribution in [3.63, 3.8) is 0 Å². The molecule has 1 nitrogen and oxygen atoms in total. The maximum Gasteiger partial charge on any atom is 0.0931 e. The Morgan fingerprint density at radius 2 is 2.38 bits per heavy atom. The Hall–Kier alpha value is 0.300. The molecule has 1 fully saturated rings. The summed E-state index contributed by atoms with van der Waals surface area (Å²) in [5.74, 6) is 2.38. The van der Waals surface area contributed by atoms with Crippen LogP contribution in [0.25, 0.3) is 0 Å². The third-order valence-corrected chi connectivity index (χ3v) is 4.54. The van der Waals surface area contributed by atoms with Gasteiger partial charge < -0.3 is 5.32 Å². The van der Waals surface area contributed by atoms with Crippen LogP contribution < -0.4 is 5.32 Å². The average molecular weight is 234 g/mol. The van der Waals surface area contributed by atoms with E-state index in [2.05, 4.69) is 23.7 Å². The molecule has 1 N–H and O–H groups in total. The van der Waals surface area contributed by atoms with Crippen molar-refractivity contribution in [3.8, 4) is 0 Å². The van der Waals surface area contributed by atoms with Crippen LogP contribution in [-0.4, -0.2) is 17.5 Å². The van der Waals surface area contributed by atoms with Crippen LogP contribution in [0.1, 0.15) is 18.5 Å². The minimum atomic E-state index is 0.498. The van der Waals surface area contributed by atoms with Crippen LogP contribution in [-0.2, 0) is 0 Å². The van der Waals surface area contributed by atoms with E-state index in [1.165, 1.54) is 11.3 Å². The molecular formula is C9H12ClNS2. The van der Waals surface area contributed by atoms with E-state index in [0.29, 0.717) is 12.1 Å². The van der Waals surface area contributed by atoms with Crippen LogP contribution in [0, 0.1) is 0 Å². The largest absolute Gasteiger partial charge is 0.306 e. The number of hydrogen-bond donors (Lipinski definition) is 1. The van der Waals surface area contributed by atoms with E-state index in [-0.39, 0.29) is 0 Å². The van der Waals surface area contributed by atoms with Gasteiger partial charge in [-0.2, -0.15) is 11.8 Å². The topological polar surface area (TPSA) is 12.0 Å². The fraction of sp³-hybridized carbons (Fsp3) is 0.556. The van der Waals surface area contributed by atoms with Crippen molar-refractivity contribution in [2.45, 2.75) is 19.0 Å². The Bertz CT molecular complexity index is 287. The lowest BCUT2D eigenvalue weighted by molar-refractivity contribution is 0.503. The highest BCUT2D eigenvalue weighted by molar-refractivity contribution is 7.99. The third kappa shape index (κ3) is 2.40. The van der Waals surface area contributed by atoms with Gasteiger partial charge in [0.15, 0.2) is 0 Å². The second kappa shape index (κ2) is 4.22. The molecule has 0 saturated carbocycles. The third-order valence-electron chi connectivity index (χ3n) is 2.13. The molecule has 1 saturated heterocycles. The monoisotopic (exact) mass is 233 g/mol. The van der Waals surface area contributed by atoms with E-state index < -0.39 is 0 Å². The van der Waals surface area contributed by atoms with Crippen LogP contribution in [0.4, 0.5) is 0 Å². The molecule has 0 bridgehead atoms. The molecule has 1 aliphatic heterocycles. The Balaban J connectivity index is 2.08. The van der Waals surface area contributed by atoms with Gasteiger partial charge in [0, 0.05) is 23.6 Å². The van der Waals surface area contributed by atoms with E-state index in [9.17, 15) is 0 Å². The fourth-order valence-electron chi connectivity index (χ4n) is 1.50. The zero-order chi connectivity index (χ0) is 9.26. The Morgan fingerprint density at radius 1 is 1.54 bits per heavy atom. The molecule has 0 radical (unpaired) electrons. The van der Waals surface area contributed by atoms with Crippen LogP contribution in [0.15, 0.2) is 11.4 Å². The highest BCUT2D eigenvalue weighted by atomic mass is 35.5. The molecule has 1 aromatic rings. The smallest absolute Gasteiger partial charge is 0.0931 e. The van der Waals surface area contributed by atoms with Crippen LogP contribution in [0.5, 0.6) is 0 Å². The first-order chi connectivity index (χ1) is 6.25. The van der Waals surface area contributed by atoms with Gasteiger partial charge in [0.05, 0.1) is 4.34 Å². The first-order valence-electron chi connectivity index (χ1n) is 4.33. The maximum atomic E-state index is 5.90. The van der Waals surface area contributed by atoms with Crippen molar-refractivity contribution in [3.05, 3.63) is 21.3 Å². The van der Waals surface area contributed by atoms with Crippen molar-refractivity contribution in [2.75, 3.05) is 11.5 Å². The van der Waals surface area contributed by atoms with Gasteiger partial charge >= 0.3 is 0 Å². The lowest BCUT2D eigenvalue weighted by Gasteiger charge is -2.27. The molecule has 72 valence electrons. The zero-order valence-corrected chi connectivity index (χ0v) is 9.81. The lowest BCUT2D eigenvalue weighted by atomic mass is 10.1. The predicted molar refractivity (Wildman–Crippen MR) is 62.0 cm³/mol. The van der Waals surface area contributed by atoms with Gasteiger partial charge in [-0.05, 0) is 23.9 Å². The van der Waals surface area contributed by atoms with Crippen molar-refractivity contribution < 1.29 is 0 Å². The molecule has 2 heterocycles. The van der Waals surface area contributed by atoms with E-state index in [0.717, 1.165) is 10.1 Å². The van der Waals surface area contributed by atoms with Gasteiger partial charge in [0.1, 0.15) is 0 Å². The minimum Gasteiger partial charge on any atom is -0.306 e. The summed E-state index contributed by atoms with van der Waals surface area (Å²) in [6.45, 7) is 2.23. The standard InChI is InChI=1S/C9H12ClNS2/c1-6-3-12-5-8(11-6)7-2-9(10)13-4-7/h2,4,6,8,11H,3,5H2,1H3. The molecular weight excluding hydrogens is 222 g/mol. The first kappa shape index (κ1) is 9.84. The van der Waals surface area contributed by atoms with E-state index in [1.807, 2.05) is 11.8 Å². The summed E-state index contributed by atoms with van der Waals surface area (Å²) in [6.07, 6.45) is 0. The highest BCUT2D eigenvalue weighted by Crippen LogP contribution is 2.29. The van der Waals surface area contributed by atoms with Gasteiger partial charge in [-0.15, -0.1) is 11.3 Å². The lowest BCUT2D eigenvalue weighted by Crippen LogP contribution is -2.37. The predicted octanol–water partition coefficient (Wildman–Crippen LogP) is 3.17. The zero-order valence-electron chi connectivity index (χ0n) is 7.42. The Morgan fingerprint density at radius 3 is 3.00 bits per heavy atom. The average Bonchev–Trinajstić information content (AvgIpc) is 2.52. The number of rotatable bonds is 1. The van der Waals surface area contributed by atoms with Crippen LogP contribution in [0.2, 0.25) is 4.34 Å². The van der Waals surface area contributed by atoms with Crippen molar-refractivity contribution in [2.24, 2.45) is 0 Å². The number of nitrogens with one attached hydrogen (secondary N) is 1. The van der Waals surface area contributed by atoms with E-state index in [4.69, 9.17) is 11.6 Å². The molecule has 0 spiro atoms. The number of thiophene rings is 1. The molecule has 0 aliphatic carbocycles. The summed E-state index contributed by atoms with van der Waals surface area (Å²) in [5.41, 5.74) is 1.34. The van der Waals surface area contributed by atoms with Gasteiger partial charge in [-0.1, -0.05) is 11.6 Å². The van der Waals surface area contributed by atoms with Crippen LogP contribution >= 0.6 is 34.7 Å². The van der Waals surface area contributed by atoms with E-state index in [1.54, 1.807) is 11.3 Å². The summed E-state index contributed by atoms with van der Waals surface area (Å²) in [6, 6.07) is 3.18. The molecule has 2 atom stereocenters. The molecule has 0 amide bonds. The van der Waals surface area contributed by atoms with E-state index >= 15 is 0 Å². The molecule has 2 unspecified atom stereocenters. The Kier molecular flexibility index (Phi) is 3.19. The summed E-state index contributed by atoms with van der Waals surface area (Å²) < 4.78 is 0.889. The number of thioether (sulfide) groups is 1. The van der Waals surface area contributed by atoms with Crippen molar-refractivity contribution >= 4 is 34.7 Å². The van der Waals surface area contributed by atoms with Crippen molar-refractivity contribution in [1.82, 2.24) is 5.32 Å². The van der Waals surface area contributed by atoms with Crippen molar-refractivity contribution in [1.29, 1.82) is 0 Å². The van der Waals surface area contributed by atoms with Gasteiger partial charge in [-0.25, -0.2) is 0 Å². The van der Waals surface area contributed by atoms with Gasteiger partial charge in [0.2, 0.25) is 0 Å². The Labute approximate surface area is 91.9 Å². The normalized spacial score (nSPS) is 29.1. The number of halogens is 1. The molecule has 1 aromatic heterocycles. The molecule has 13 heavy (non-hydrogen) atoms. The highest BCUT2D eigenvalue weighted by Gasteiger charge is 2.20.